The lowest BCUT2D eigenvalue weighted by molar-refractivity contribution is 0.0999. The fraction of sp³-hybridized carbons (Fsp3) is 0.789. The highest BCUT2D eigenvalue weighted by Crippen LogP contribution is 2.43. The van der Waals surface area contributed by atoms with E-state index in [2.05, 4.69) is 23.8 Å². The molecule has 3 rings (SSSR count). The molecular formula is C19H32N4O. The number of anilines is 1. The molecule has 1 fully saturated rings. The van der Waals surface area contributed by atoms with E-state index in [1.807, 2.05) is 6.92 Å². The van der Waals surface area contributed by atoms with E-state index in [0.717, 1.165) is 42.7 Å². The molecule has 1 aliphatic carbocycles. The Morgan fingerprint density at radius 3 is 2.58 bits per heavy atom. The van der Waals surface area contributed by atoms with Crippen LogP contribution in [0.1, 0.15) is 81.4 Å². The van der Waals surface area contributed by atoms with Gasteiger partial charge in [0.05, 0.1) is 11.7 Å². The van der Waals surface area contributed by atoms with Crippen molar-refractivity contribution in [2.45, 2.75) is 71.8 Å². The fourth-order valence-corrected chi connectivity index (χ4v) is 4.73. The number of carbonyl (C=O) groups excluding carboxylic acids is 1. The highest BCUT2D eigenvalue weighted by atomic mass is 16.1. The number of carbonyl (C=O) groups is 1. The summed E-state index contributed by atoms with van der Waals surface area (Å²) in [6.45, 7) is 7.64. The molecule has 2 atom stereocenters. The Balaban J connectivity index is 1.80. The molecule has 1 amide bonds. The summed E-state index contributed by atoms with van der Waals surface area (Å²) in [6, 6.07) is 0.414. The molecule has 134 valence electrons. The molecule has 0 saturated heterocycles. The molecule has 0 aromatic carbocycles. The van der Waals surface area contributed by atoms with Gasteiger partial charge in [-0.15, -0.1) is 0 Å². The summed E-state index contributed by atoms with van der Waals surface area (Å²) in [4.78, 5) is 11.9. The van der Waals surface area contributed by atoms with Gasteiger partial charge >= 0.3 is 0 Å². The van der Waals surface area contributed by atoms with Crippen molar-refractivity contribution in [3.05, 3.63) is 11.3 Å². The predicted molar refractivity (Wildman–Crippen MR) is 97.2 cm³/mol. The standard InChI is InChI=1S/C19H32N4O/c1-4-12(3)13-6-8-14(9-7-13)16-10-11-21-19-17(18(20)24)15(5-2)22-23(16)19/h12-14,16,21H,4-11H2,1-3H3,(H2,20,24). The van der Waals surface area contributed by atoms with Crippen LogP contribution >= 0.6 is 0 Å². The first-order valence-electron chi connectivity index (χ1n) is 9.71. The Hall–Kier alpha value is -1.52. The molecule has 3 N–H and O–H groups in total. The molecular weight excluding hydrogens is 300 g/mol. The number of fused-ring (bicyclic) bond motifs is 1. The monoisotopic (exact) mass is 332 g/mol. The summed E-state index contributed by atoms with van der Waals surface area (Å²) in [7, 11) is 0. The number of hydrogen-bond acceptors (Lipinski definition) is 3. The zero-order valence-corrected chi connectivity index (χ0v) is 15.3. The zero-order valence-electron chi connectivity index (χ0n) is 15.3. The van der Waals surface area contributed by atoms with Crippen LogP contribution in [0.3, 0.4) is 0 Å². The van der Waals surface area contributed by atoms with E-state index in [1.165, 1.54) is 32.1 Å². The smallest absolute Gasteiger partial charge is 0.254 e. The summed E-state index contributed by atoms with van der Waals surface area (Å²) in [5.74, 6) is 2.91. The van der Waals surface area contributed by atoms with Gasteiger partial charge in [0.2, 0.25) is 0 Å². The summed E-state index contributed by atoms with van der Waals surface area (Å²) in [5, 5.41) is 8.14. The van der Waals surface area contributed by atoms with Gasteiger partial charge in [0, 0.05) is 6.54 Å². The molecule has 24 heavy (non-hydrogen) atoms. The third-order valence-electron chi connectivity index (χ3n) is 6.42. The van der Waals surface area contributed by atoms with Crippen molar-refractivity contribution in [1.82, 2.24) is 9.78 Å². The van der Waals surface area contributed by atoms with Crippen LogP contribution in [0.5, 0.6) is 0 Å². The van der Waals surface area contributed by atoms with Gasteiger partial charge in [-0.05, 0) is 56.3 Å². The van der Waals surface area contributed by atoms with Crippen LogP contribution in [0.4, 0.5) is 5.82 Å². The minimum atomic E-state index is -0.360. The van der Waals surface area contributed by atoms with Gasteiger partial charge < -0.3 is 11.1 Å². The van der Waals surface area contributed by atoms with E-state index < -0.39 is 0 Å². The van der Waals surface area contributed by atoms with Gasteiger partial charge in [0.15, 0.2) is 0 Å². The van der Waals surface area contributed by atoms with Gasteiger partial charge in [0.1, 0.15) is 11.4 Å². The third-order valence-corrected chi connectivity index (χ3v) is 6.42. The number of aryl methyl sites for hydroxylation is 1. The van der Waals surface area contributed by atoms with Crippen LogP contribution in [-0.2, 0) is 6.42 Å². The third kappa shape index (κ3) is 3.05. The summed E-state index contributed by atoms with van der Waals surface area (Å²) in [5.41, 5.74) is 7.06. The Labute approximate surface area is 145 Å². The van der Waals surface area contributed by atoms with Crippen LogP contribution in [0.15, 0.2) is 0 Å². The molecule has 1 aliphatic heterocycles. The van der Waals surface area contributed by atoms with Crippen molar-refractivity contribution in [2.24, 2.45) is 23.5 Å². The van der Waals surface area contributed by atoms with Crippen molar-refractivity contribution < 1.29 is 4.79 Å². The molecule has 1 aromatic heterocycles. The van der Waals surface area contributed by atoms with Crippen LogP contribution < -0.4 is 11.1 Å². The predicted octanol–water partition coefficient (Wildman–Crippen LogP) is 3.75. The zero-order chi connectivity index (χ0) is 17.3. The van der Waals surface area contributed by atoms with Gasteiger partial charge in [-0.1, -0.05) is 27.2 Å². The summed E-state index contributed by atoms with van der Waals surface area (Å²) < 4.78 is 2.09. The van der Waals surface area contributed by atoms with E-state index >= 15 is 0 Å². The van der Waals surface area contributed by atoms with E-state index in [-0.39, 0.29) is 5.91 Å². The molecule has 5 nitrogen and oxygen atoms in total. The fourth-order valence-electron chi connectivity index (χ4n) is 4.73. The normalized spacial score (nSPS) is 28.0. The number of rotatable bonds is 5. The van der Waals surface area contributed by atoms with Gasteiger partial charge in [-0.25, -0.2) is 4.68 Å². The van der Waals surface area contributed by atoms with Crippen LogP contribution in [0.2, 0.25) is 0 Å². The minimum Gasteiger partial charge on any atom is -0.370 e. The van der Waals surface area contributed by atoms with Crippen molar-refractivity contribution in [1.29, 1.82) is 0 Å². The Morgan fingerprint density at radius 1 is 1.29 bits per heavy atom. The Bertz CT molecular complexity index is 586. The lowest BCUT2D eigenvalue weighted by Gasteiger charge is -2.38. The molecule has 2 unspecified atom stereocenters. The maximum absolute atomic E-state index is 11.9. The molecule has 0 radical (unpaired) electrons. The molecule has 5 heteroatoms. The molecule has 1 saturated carbocycles. The van der Waals surface area contributed by atoms with Crippen LogP contribution in [0.25, 0.3) is 0 Å². The van der Waals surface area contributed by atoms with Crippen molar-refractivity contribution in [3.63, 3.8) is 0 Å². The second-order valence-electron chi connectivity index (χ2n) is 7.68. The minimum absolute atomic E-state index is 0.360. The summed E-state index contributed by atoms with van der Waals surface area (Å²) in [6.07, 6.45) is 8.36. The van der Waals surface area contributed by atoms with Gasteiger partial charge in [0.25, 0.3) is 5.91 Å². The van der Waals surface area contributed by atoms with Crippen molar-refractivity contribution >= 4 is 11.7 Å². The average Bonchev–Trinajstić information content (AvgIpc) is 3.00. The van der Waals surface area contributed by atoms with Crippen molar-refractivity contribution in [2.75, 3.05) is 11.9 Å². The number of aromatic nitrogens is 2. The van der Waals surface area contributed by atoms with E-state index in [4.69, 9.17) is 10.8 Å². The van der Waals surface area contributed by atoms with Crippen LogP contribution in [0, 0.1) is 17.8 Å². The molecule has 2 heterocycles. The first-order chi connectivity index (χ1) is 11.6. The highest BCUT2D eigenvalue weighted by Gasteiger charge is 2.35. The second-order valence-corrected chi connectivity index (χ2v) is 7.68. The topological polar surface area (TPSA) is 72.9 Å². The maximum atomic E-state index is 11.9. The molecule has 0 bridgehead atoms. The van der Waals surface area contributed by atoms with E-state index in [0.29, 0.717) is 17.5 Å². The largest absolute Gasteiger partial charge is 0.370 e. The van der Waals surface area contributed by atoms with E-state index in [9.17, 15) is 4.79 Å². The van der Waals surface area contributed by atoms with Crippen molar-refractivity contribution in [3.8, 4) is 0 Å². The SMILES string of the molecule is CCc1nn2c(c1C(N)=O)NCCC2C1CCC(C(C)CC)CC1. The Morgan fingerprint density at radius 2 is 2.00 bits per heavy atom. The quantitative estimate of drug-likeness (QED) is 0.862. The van der Waals surface area contributed by atoms with Gasteiger partial charge in [-0.2, -0.15) is 5.10 Å². The average molecular weight is 332 g/mol. The number of nitrogens with one attached hydrogen (secondary N) is 1. The van der Waals surface area contributed by atoms with E-state index in [1.54, 1.807) is 0 Å². The maximum Gasteiger partial charge on any atom is 0.254 e. The molecule has 1 aromatic rings. The van der Waals surface area contributed by atoms with Crippen LogP contribution in [-0.4, -0.2) is 22.2 Å². The number of nitrogens with two attached hydrogens (primary N) is 1. The molecule has 2 aliphatic rings. The number of nitrogens with zero attached hydrogens (tertiary/aromatic N) is 2. The lowest BCUT2D eigenvalue weighted by atomic mass is 9.73. The number of amides is 1. The first kappa shape index (κ1) is 17.3. The highest BCUT2D eigenvalue weighted by molar-refractivity contribution is 5.99. The number of primary amides is 1. The van der Waals surface area contributed by atoms with Gasteiger partial charge in [-0.3, -0.25) is 4.79 Å². The number of hydrogen-bond donors (Lipinski definition) is 2. The Kier molecular flexibility index (Phi) is 5.16. The first-order valence-corrected chi connectivity index (χ1v) is 9.71. The lowest BCUT2D eigenvalue weighted by Crippen LogP contribution is -2.32. The molecule has 0 spiro atoms. The second kappa shape index (κ2) is 7.16. The summed E-state index contributed by atoms with van der Waals surface area (Å²) >= 11 is 0.